The Kier molecular flexibility index (Phi) is 3.25. The minimum Gasteiger partial charge on any atom is -0.339 e. The summed E-state index contributed by atoms with van der Waals surface area (Å²) in [6, 6.07) is 3.42. The summed E-state index contributed by atoms with van der Waals surface area (Å²) >= 11 is 0. The maximum absolute atomic E-state index is 13.6. The Labute approximate surface area is 115 Å². The van der Waals surface area contributed by atoms with Crippen molar-refractivity contribution in [3.05, 3.63) is 47.1 Å². The molecule has 1 aromatic heterocycles. The van der Waals surface area contributed by atoms with Crippen LogP contribution in [0.1, 0.15) is 43.0 Å². The van der Waals surface area contributed by atoms with E-state index < -0.39 is 17.2 Å². The molecule has 1 aliphatic carbocycles. The summed E-state index contributed by atoms with van der Waals surface area (Å²) in [6.45, 7) is 0. The van der Waals surface area contributed by atoms with E-state index >= 15 is 0 Å². The monoisotopic (exact) mass is 279 g/mol. The van der Waals surface area contributed by atoms with Crippen molar-refractivity contribution in [2.24, 2.45) is 5.73 Å². The first-order valence-electron chi connectivity index (χ1n) is 6.63. The molecular formula is C14H15F2N3O. The van der Waals surface area contributed by atoms with Crippen LogP contribution in [0, 0.1) is 11.6 Å². The minimum atomic E-state index is -0.618. The lowest BCUT2D eigenvalue weighted by Gasteiger charge is -2.17. The number of halogens is 2. The quantitative estimate of drug-likeness (QED) is 0.938. The third-order valence-electron chi connectivity index (χ3n) is 3.77. The fourth-order valence-electron chi connectivity index (χ4n) is 2.59. The molecule has 0 bridgehead atoms. The van der Waals surface area contributed by atoms with Crippen molar-refractivity contribution in [1.82, 2.24) is 10.1 Å². The highest BCUT2D eigenvalue weighted by Crippen LogP contribution is 2.34. The number of hydrogen-bond acceptors (Lipinski definition) is 4. The van der Waals surface area contributed by atoms with E-state index in [1.54, 1.807) is 0 Å². The second-order valence-corrected chi connectivity index (χ2v) is 5.29. The van der Waals surface area contributed by atoms with Gasteiger partial charge in [-0.25, -0.2) is 8.78 Å². The van der Waals surface area contributed by atoms with Gasteiger partial charge in [0.1, 0.15) is 11.6 Å². The highest BCUT2D eigenvalue weighted by molar-refractivity contribution is 5.21. The molecular weight excluding hydrogens is 264 g/mol. The zero-order chi connectivity index (χ0) is 14.2. The molecule has 0 aliphatic heterocycles. The topological polar surface area (TPSA) is 64.9 Å². The number of aromatic nitrogens is 2. The average Bonchev–Trinajstić information content (AvgIpc) is 3.03. The van der Waals surface area contributed by atoms with Gasteiger partial charge in [0.05, 0.1) is 12.0 Å². The molecule has 3 rings (SSSR count). The number of hydrogen-bond donors (Lipinski definition) is 1. The molecule has 0 amide bonds. The van der Waals surface area contributed by atoms with Crippen LogP contribution >= 0.6 is 0 Å². The van der Waals surface area contributed by atoms with Gasteiger partial charge in [0, 0.05) is 6.07 Å². The van der Waals surface area contributed by atoms with E-state index in [0.717, 1.165) is 31.7 Å². The summed E-state index contributed by atoms with van der Waals surface area (Å²) in [5.41, 5.74) is 6.02. The van der Waals surface area contributed by atoms with Gasteiger partial charge >= 0.3 is 0 Å². The fourth-order valence-corrected chi connectivity index (χ4v) is 2.59. The zero-order valence-corrected chi connectivity index (χ0v) is 10.9. The molecule has 2 N–H and O–H groups in total. The van der Waals surface area contributed by atoms with Gasteiger partial charge in [-0.05, 0) is 24.5 Å². The van der Waals surface area contributed by atoms with Crippen LogP contribution in [0.2, 0.25) is 0 Å². The lowest BCUT2D eigenvalue weighted by molar-refractivity contribution is 0.351. The van der Waals surface area contributed by atoms with Crippen molar-refractivity contribution in [3.63, 3.8) is 0 Å². The summed E-state index contributed by atoms with van der Waals surface area (Å²) < 4.78 is 31.5. The van der Waals surface area contributed by atoms with Gasteiger partial charge in [-0.1, -0.05) is 24.1 Å². The van der Waals surface area contributed by atoms with Gasteiger partial charge in [-0.2, -0.15) is 4.98 Å². The van der Waals surface area contributed by atoms with Crippen LogP contribution in [0.25, 0.3) is 0 Å². The van der Waals surface area contributed by atoms with Crippen molar-refractivity contribution in [2.45, 2.75) is 37.6 Å². The maximum atomic E-state index is 13.6. The fraction of sp³-hybridized carbons (Fsp3) is 0.429. The van der Waals surface area contributed by atoms with E-state index in [-0.39, 0.29) is 6.42 Å². The molecule has 1 aromatic carbocycles. The standard InChI is InChI=1S/C14H15F2N3O/c15-10-4-3-9(11(16)8-10)7-12-18-13(19-20-12)14(17)5-1-2-6-14/h3-4,8H,1-2,5-7,17H2. The van der Waals surface area contributed by atoms with E-state index in [9.17, 15) is 8.78 Å². The van der Waals surface area contributed by atoms with Gasteiger partial charge in [-0.15, -0.1) is 0 Å². The summed E-state index contributed by atoms with van der Waals surface area (Å²) in [6.07, 6.45) is 3.89. The van der Waals surface area contributed by atoms with Crippen molar-refractivity contribution in [1.29, 1.82) is 0 Å². The number of nitrogens with zero attached hydrogens (tertiary/aromatic N) is 2. The van der Waals surface area contributed by atoms with E-state index in [0.29, 0.717) is 17.3 Å². The summed E-state index contributed by atoms with van der Waals surface area (Å²) in [5.74, 6) is -0.452. The second kappa shape index (κ2) is 4.94. The van der Waals surface area contributed by atoms with Crippen LogP contribution in [0.4, 0.5) is 8.78 Å². The van der Waals surface area contributed by atoms with Crippen LogP contribution < -0.4 is 5.73 Å². The summed E-state index contributed by atoms with van der Waals surface area (Å²) in [4.78, 5) is 4.26. The zero-order valence-electron chi connectivity index (χ0n) is 10.9. The van der Waals surface area contributed by atoms with Crippen molar-refractivity contribution in [3.8, 4) is 0 Å². The molecule has 6 heteroatoms. The Balaban J connectivity index is 1.80. The van der Waals surface area contributed by atoms with Crippen molar-refractivity contribution < 1.29 is 13.3 Å². The Bertz CT molecular complexity index is 621. The highest BCUT2D eigenvalue weighted by Gasteiger charge is 2.35. The Morgan fingerprint density at radius 1 is 1.25 bits per heavy atom. The number of nitrogens with two attached hydrogens (primary N) is 1. The Morgan fingerprint density at radius 2 is 2.00 bits per heavy atom. The van der Waals surface area contributed by atoms with Crippen LogP contribution in [-0.2, 0) is 12.0 Å². The molecule has 1 aliphatic rings. The third-order valence-corrected chi connectivity index (χ3v) is 3.77. The largest absolute Gasteiger partial charge is 0.339 e. The van der Waals surface area contributed by atoms with Crippen molar-refractivity contribution >= 4 is 0 Å². The SMILES string of the molecule is NC1(c2noc(Cc3ccc(F)cc3F)n2)CCCC1. The summed E-state index contributed by atoms with van der Waals surface area (Å²) in [5, 5.41) is 3.91. The average molecular weight is 279 g/mol. The van der Waals surface area contributed by atoms with Crippen LogP contribution in [-0.4, -0.2) is 10.1 Å². The van der Waals surface area contributed by atoms with Gasteiger partial charge in [0.25, 0.3) is 0 Å². The molecule has 0 spiro atoms. The predicted octanol–water partition coefficient (Wildman–Crippen LogP) is 2.67. The number of rotatable bonds is 3. The van der Waals surface area contributed by atoms with Crippen molar-refractivity contribution in [2.75, 3.05) is 0 Å². The van der Waals surface area contributed by atoms with Crippen LogP contribution in [0.3, 0.4) is 0 Å². The molecule has 1 fully saturated rings. The van der Waals surface area contributed by atoms with E-state index in [1.165, 1.54) is 12.1 Å². The van der Waals surface area contributed by atoms with E-state index in [1.807, 2.05) is 0 Å². The molecule has 0 atom stereocenters. The molecule has 4 nitrogen and oxygen atoms in total. The van der Waals surface area contributed by atoms with E-state index in [2.05, 4.69) is 10.1 Å². The molecule has 1 saturated carbocycles. The van der Waals surface area contributed by atoms with Gasteiger partial charge in [-0.3, -0.25) is 0 Å². The lowest BCUT2D eigenvalue weighted by Crippen LogP contribution is -2.34. The van der Waals surface area contributed by atoms with Gasteiger partial charge in [0.2, 0.25) is 5.89 Å². The van der Waals surface area contributed by atoms with Crippen LogP contribution in [0.5, 0.6) is 0 Å². The van der Waals surface area contributed by atoms with Crippen LogP contribution in [0.15, 0.2) is 22.7 Å². The van der Waals surface area contributed by atoms with Gasteiger partial charge < -0.3 is 10.3 Å². The predicted molar refractivity (Wildman–Crippen MR) is 67.8 cm³/mol. The first kappa shape index (κ1) is 13.2. The minimum absolute atomic E-state index is 0.134. The lowest BCUT2D eigenvalue weighted by atomic mass is 9.99. The molecule has 0 saturated heterocycles. The smallest absolute Gasteiger partial charge is 0.231 e. The first-order chi connectivity index (χ1) is 9.57. The Hall–Kier alpha value is -1.82. The molecule has 0 radical (unpaired) electrons. The molecule has 0 unspecified atom stereocenters. The second-order valence-electron chi connectivity index (χ2n) is 5.29. The van der Waals surface area contributed by atoms with E-state index in [4.69, 9.17) is 10.3 Å². The van der Waals surface area contributed by atoms with Gasteiger partial charge in [0.15, 0.2) is 5.82 Å². The third kappa shape index (κ3) is 2.43. The molecule has 106 valence electrons. The Morgan fingerprint density at radius 3 is 2.70 bits per heavy atom. The molecule has 20 heavy (non-hydrogen) atoms. The maximum Gasteiger partial charge on any atom is 0.231 e. The first-order valence-corrected chi connectivity index (χ1v) is 6.63. The number of benzene rings is 1. The molecule has 1 heterocycles. The summed E-state index contributed by atoms with van der Waals surface area (Å²) in [7, 11) is 0. The molecule has 2 aromatic rings. The highest BCUT2D eigenvalue weighted by atomic mass is 19.1. The normalized spacial score (nSPS) is 17.6.